The molecule has 1 aromatic carbocycles. The summed E-state index contributed by atoms with van der Waals surface area (Å²) in [4.78, 5) is 8.27. The van der Waals surface area contributed by atoms with Crippen LogP contribution < -0.4 is 4.74 Å². The number of sulfone groups is 1. The zero-order valence-electron chi connectivity index (χ0n) is 17.2. The van der Waals surface area contributed by atoms with E-state index in [1.165, 1.54) is 31.9 Å². The number of rotatable bonds is 8. The Morgan fingerprint density at radius 2 is 1.93 bits per heavy atom. The Labute approximate surface area is 177 Å². The smallest absolute Gasteiger partial charge is 0.175 e. The molecule has 0 aliphatic heterocycles. The van der Waals surface area contributed by atoms with E-state index >= 15 is 0 Å². The minimum atomic E-state index is -3.21. The lowest BCUT2D eigenvalue weighted by molar-refractivity contribution is 0.201. The van der Waals surface area contributed by atoms with Gasteiger partial charge in [-0.25, -0.2) is 13.4 Å². The van der Waals surface area contributed by atoms with Crippen LogP contribution in [0.3, 0.4) is 0 Å². The largest absolute Gasteiger partial charge is 0.490 e. The van der Waals surface area contributed by atoms with E-state index < -0.39 is 9.84 Å². The molecule has 0 spiro atoms. The molecular weight excluding hydrogens is 400 g/mol. The number of aliphatic hydroxyl groups excluding tert-OH is 1. The van der Waals surface area contributed by atoms with Gasteiger partial charge in [0.2, 0.25) is 0 Å². The first kappa shape index (κ1) is 20.9. The van der Waals surface area contributed by atoms with Crippen molar-refractivity contribution in [3.63, 3.8) is 0 Å². The maximum Gasteiger partial charge on any atom is 0.175 e. The number of pyridine rings is 1. The standard InChI is InChI=1S/C23H28N2O4S/c1-30(27,28)20-8-6-17(7-9-20)21(12-16-4-2-3-5-16)22-14-18-13-19(29-11-10-26)15-24-23(18)25-22/h6-9,13-16,21,26H,2-5,10-12H2,1H3,(H,24,25). The van der Waals surface area contributed by atoms with Crippen LogP contribution in [0.5, 0.6) is 5.75 Å². The maximum atomic E-state index is 11.8. The molecule has 2 aromatic heterocycles. The molecule has 1 saturated carbocycles. The quantitative estimate of drug-likeness (QED) is 0.565. The fourth-order valence-corrected chi connectivity index (χ4v) is 5.05. The third kappa shape index (κ3) is 4.68. The van der Waals surface area contributed by atoms with Gasteiger partial charge >= 0.3 is 0 Å². The van der Waals surface area contributed by atoms with E-state index in [1.54, 1.807) is 18.3 Å². The lowest BCUT2D eigenvalue weighted by atomic mass is 9.85. The summed E-state index contributed by atoms with van der Waals surface area (Å²) in [5.74, 6) is 1.46. The fraction of sp³-hybridized carbons (Fsp3) is 0.435. The highest BCUT2D eigenvalue weighted by Gasteiger charge is 2.24. The van der Waals surface area contributed by atoms with Gasteiger partial charge in [0.25, 0.3) is 0 Å². The van der Waals surface area contributed by atoms with E-state index in [9.17, 15) is 8.42 Å². The lowest BCUT2D eigenvalue weighted by Crippen LogP contribution is -2.08. The van der Waals surface area contributed by atoms with Crippen LogP contribution in [0.1, 0.15) is 49.3 Å². The van der Waals surface area contributed by atoms with Crippen molar-refractivity contribution >= 4 is 20.9 Å². The molecule has 0 saturated heterocycles. The van der Waals surface area contributed by atoms with Crippen LogP contribution >= 0.6 is 0 Å². The summed E-state index contributed by atoms with van der Waals surface area (Å²) < 4.78 is 29.2. The average Bonchev–Trinajstić information content (AvgIpc) is 3.39. The SMILES string of the molecule is CS(=O)(=O)c1ccc(C(CC2CCCC2)c2cc3cc(OCCO)cnc3[nH]2)cc1. The van der Waals surface area contributed by atoms with Crippen LogP contribution in [0.2, 0.25) is 0 Å². The van der Waals surface area contributed by atoms with Crippen LogP contribution in [-0.4, -0.2) is 43.0 Å². The lowest BCUT2D eigenvalue weighted by Gasteiger charge is -2.20. The third-order valence-electron chi connectivity index (χ3n) is 5.96. The molecule has 2 heterocycles. The minimum absolute atomic E-state index is 0.0383. The molecule has 3 aromatic rings. The predicted octanol–water partition coefficient (Wildman–Crippen LogP) is 4.05. The second-order valence-corrected chi connectivity index (χ2v) is 10.2. The molecule has 2 N–H and O–H groups in total. The van der Waals surface area contributed by atoms with Crippen LogP contribution in [0, 0.1) is 5.92 Å². The normalized spacial score (nSPS) is 16.2. The van der Waals surface area contributed by atoms with Gasteiger partial charge in [-0.3, -0.25) is 0 Å². The predicted molar refractivity (Wildman–Crippen MR) is 117 cm³/mol. The number of aliphatic hydroxyl groups is 1. The molecule has 6 nitrogen and oxygen atoms in total. The highest BCUT2D eigenvalue weighted by atomic mass is 32.2. The molecule has 0 amide bonds. The molecule has 4 rings (SSSR count). The van der Waals surface area contributed by atoms with Crippen LogP contribution in [0.15, 0.2) is 47.5 Å². The summed E-state index contributed by atoms with van der Waals surface area (Å²) in [6, 6.07) is 11.3. The van der Waals surface area contributed by atoms with Crippen LogP contribution in [0.25, 0.3) is 11.0 Å². The van der Waals surface area contributed by atoms with Crippen molar-refractivity contribution in [3.8, 4) is 5.75 Å². The molecule has 1 aliphatic rings. The van der Waals surface area contributed by atoms with Gasteiger partial charge in [0.1, 0.15) is 18.0 Å². The summed E-state index contributed by atoms with van der Waals surface area (Å²) in [6.07, 6.45) is 8.97. The zero-order valence-corrected chi connectivity index (χ0v) is 18.0. The Morgan fingerprint density at radius 3 is 2.60 bits per heavy atom. The van der Waals surface area contributed by atoms with Crippen molar-refractivity contribution in [2.45, 2.75) is 42.9 Å². The number of nitrogens with one attached hydrogen (secondary N) is 1. The number of aromatic amines is 1. The van der Waals surface area contributed by atoms with Crippen LogP contribution in [-0.2, 0) is 9.84 Å². The molecule has 1 atom stereocenters. The number of hydrogen-bond acceptors (Lipinski definition) is 5. The Morgan fingerprint density at radius 1 is 1.20 bits per heavy atom. The van der Waals surface area contributed by atoms with Gasteiger partial charge < -0.3 is 14.8 Å². The second-order valence-electron chi connectivity index (χ2n) is 8.19. The number of benzene rings is 1. The van der Waals surface area contributed by atoms with Gasteiger partial charge in [-0.2, -0.15) is 0 Å². The number of H-pyrrole nitrogens is 1. The van der Waals surface area contributed by atoms with Crippen molar-refractivity contribution in [2.75, 3.05) is 19.5 Å². The Bertz CT molecular complexity index is 1100. The monoisotopic (exact) mass is 428 g/mol. The highest BCUT2D eigenvalue weighted by molar-refractivity contribution is 7.90. The number of ether oxygens (including phenoxy) is 1. The van der Waals surface area contributed by atoms with Gasteiger partial charge in [-0.1, -0.05) is 37.8 Å². The second kappa shape index (κ2) is 8.78. The third-order valence-corrected chi connectivity index (χ3v) is 7.08. The molecule has 1 fully saturated rings. The van der Waals surface area contributed by atoms with Crippen molar-refractivity contribution in [1.29, 1.82) is 0 Å². The summed E-state index contributed by atoms with van der Waals surface area (Å²) >= 11 is 0. The van der Waals surface area contributed by atoms with E-state index in [4.69, 9.17) is 9.84 Å². The molecule has 7 heteroatoms. The Kier molecular flexibility index (Phi) is 6.11. The topological polar surface area (TPSA) is 92.3 Å². The number of nitrogens with zero attached hydrogens (tertiary/aromatic N) is 1. The van der Waals surface area contributed by atoms with Crippen molar-refractivity contribution in [1.82, 2.24) is 9.97 Å². The van der Waals surface area contributed by atoms with Gasteiger partial charge in [0.15, 0.2) is 9.84 Å². The van der Waals surface area contributed by atoms with E-state index in [-0.39, 0.29) is 19.1 Å². The van der Waals surface area contributed by atoms with Gasteiger partial charge in [0, 0.05) is 23.3 Å². The number of fused-ring (bicyclic) bond motifs is 1. The maximum absolute atomic E-state index is 11.8. The molecular formula is C23H28N2O4S. The molecule has 30 heavy (non-hydrogen) atoms. The average molecular weight is 429 g/mol. The molecule has 0 bridgehead atoms. The first-order valence-electron chi connectivity index (χ1n) is 10.5. The Hall–Kier alpha value is -2.38. The molecule has 1 unspecified atom stereocenters. The highest BCUT2D eigenvalue weighted by Crippen LogP contribution is 2.38. The van der Waals surface area contributed by atoms with E-state index in [1.807, 2.05) is 18.2 Å². The summed E-state index contributed by atoms with van der Waals surface area (Å²) in [6.45, 7) is 0.199. The van der Waals surface area contributed by atoms with Crippen LogP contribution in [0.4, 0.5) is 0 Å². The van der Waals surface area contributed by atoms with E-state index in [0.717, 1.165) is 28.7 Å². The fourth-order valence-electron chi connectivity index (χ4n) is 4.42. The van der Waals surface area contributed by atoms with Gasteiger partial charge in [-0.15, -0.1) is 0 Å². The molecule has 160 valence electrons. The minimum Gasteiger partial charge on any atom is -0.490 e. The van der Waals surface area contributed by atoms with E-state index in [2.05, 4.69) is 16.0 Å². The number of hydrogen-bond donors (Lipinski definition) is 2. The summed E-state index contributed by atoms with van der Waals surface area (Å²) in [5.41, 5.74) is 2.99. The zero-order chi connectivity index (χ0) is 21.1. The van der Waals surface area contributed by atoms with Gasteiger partial charge in [0.05, 0.1) is 17.7 Å². The van der Waals surface area contributed by atoms with E-state index in [0.29, 0.717) is 16.6 Å². The first-order chi connectivity index (χ1) is 14.4. The molecule has 1 aliphatic carbocycles. The summed E-state index contributed by atoms with van der Waals surface area (Å²) in [5, 5.41) is 9.92. The van der Waals surface area contributed by atoms with Gasteiger partial charge in [-0.05, 0) is 42.2 Å². The molecule has 0 radical (unpaired) electrons. The van der Waals surface area contributed by atoms with Crippen molar-refractivity contribution < 1.29 is 18.3 Å². The van der Waals surface area contributed by atoms with Crippen molar-refractivity contribution in [2.24, 2.45) is 5.92 Å². The number of aromatic nitrogens is 2. The Balaban J connectivity index is 1.68. The van der Waals surface area contributed by atoms with Crippen molar-refractivity contribution in [3.05, 3.63) is 53.9 Å². The first-order valence-corrected chi connectivity index (χ1v) is 12.4. The summed E-state index contributed by atoms with van der Waals surface area (Å²) in [7, 11) is -3.21.